The molecule has 0 radical (unpaired) electrons. The van der Waals surface area contributed by atoms with Crippen molar-refractivity contribution in [3.63, 3.8) is 0 Å². The van der Waals surface area contributed by atoms with E-state index in [2.05, 4.69) is 0 Å². The molecule has 1 unspecified atom stereocenters. The first-order valence-electron chi connectivity index (χ1n) is 5.13. The molecule has 1 nitrogen and oxygen atoms in total. The minimum Gasteiger partial charge on any atom is -0.330 e. The van der Waals surface area contributed by atoms with Crippen molar-refractivity contribution >= 4 is 0 Å². The molecule has 3 atom stereocenters. The molecule has 0 aliphatic heterocycles. The molecule has 2 rings (SSSR count). The lowest BCUT2D eigenvalue weighted by atomic mass is 10.0. The third kappa shape index (κ3) is 1.44. The minimum absolute atomic E-state index is 0.924. The first-order chi connectivity index (χ1) is 5.43. The van der Waals surface area contributed by atoms with Crippen LogP contribution in [0, 0.1) is 17.8 Å². The Labute approximate surface area is 69.4 Å². The summed E-state index contributed by atoms with van der Waals surface area (Å²) < 4.78 is 0. The van der Waals surface area contributed by atoms with Crippen LogP contribution in [0.2, 0.25) is 0 Å². The number of fused-ring (bicyclic) bond motifs is 1. The zero-order valence-electron chi connectivity index (χ0n) is 7.26. The van der Waals surface area contributed by atoms with Crippen LogP contribution in [0.4, 0.5) is 0 Å². The third-order valence-corrected chi connectivity index (χ3v) is 3.61. The van der Waals surface area contributed by atoms with Crippen molar-refractivity contribution in [2.45, 2.75) is 38.5 Å². The molecule has 1 heteroatoms. The van der Waals surface area contributed by atoms with Gasteiger partial charge in [0.05, 0.1) is 0 Å². The summed E-state index contributed by atoms with van der Waals surface area (Å²) in [6, 6.07) is 0. The van der Waals surface area contributed by atoms with Crippen molar-refractivity contribution in [1.82, 2.24) is 0 Å². The zero-order valence-corrected chi connectivity index (χ0v) is 7.26. The first kappa shape index (κ1) is 7.60. The normalized spacial score (nSPS) is 43.9. The quantitative estimate of drug-likeness (QED) is 0.614. The minimum atomic E-state index is 0.924. The van der Waals surface area contributed by atoms with Crippen LogP contribution in [-0.2, 0) is 0 Å². The number of hydrogen-bond acceptors (Lipinski definition) is 1. The van der Waals surface area contributed by atoms with Gasteiger partial charge in [-0.15, -0.1) is 0 Å². The third-order valence-electron chi connectivity index (χ3n) is 3.61. The molecule has 0 saturated heterocycles. The summed E-state index contributed by atoms with van der Waals surface area (Å²) in [5.74, 6) is 3.01. The highest BCUT2D eigenvalue weighted by atomic mass is 14.7. The molecule has 0 amide bonds. The van der Waals surface area contributed by atoms with Crippen LogP contribution in [0.3, 0.4) is 0 Å². The van der Waals surface area contributed by atoms with Crippen LogP contribution in [-0.4, -0.2) is 6.54 Å². The van der Waals surface area contributed by atoms with Crippen LogP contribution in [0.5, 0.6) is 0 Å². The lowest BCUT2D eigenvalue weighted by Gasteiger charge is -2.05. The maximum absolute atomic E-state index is 5.70. The topological polar surface area (TPSA) is 26.0 Å². The van der Waals surface area contributed by atoms with Gasteiger partial charge in [0.25, 0.3) is 0 Å². The molecule has 0 bridgehead atoms. The lowest BCUT2D eigenvalue weighted by molar-refractivity contribution is 0.485. The molecule has 2 aliphatic carbocycles. The van der Waals surface area contributed by atoms with Crippen molar-refractivity contribution in [3.8, 4) is 0 Å². The van der Waals surface area contributed by atoms with Crippen LogP contribution < -0.4 is 5.73 Å². The molecule has 0 heterocycles. The molecule has 11 heavy (non-hydrogen) atoms. The molecule has 2 aliphatic rings. The summed E-state index contributed by atoms with van der Waals surface area (Å²) >= 11 is 0. The largest absolute Gasteiger partial charge is 0.330 e. The van der Waals surface area contributed by atoms with E-state index < -0.39 is 0 Å². The summed E-state index contributed by atoms with van der Waals surface area (Å²) in [4.78, 5) is 0. The van der Waals surface area contributed by atoms with E-state index in [0.29, 0.717) is 0 Å². The highest BCUT2D eigenvalue weighted by molar-refractivity contribution is 4.97. The van der Waals surface area contributed by atoms with Gasteiger partial charge < -0.3 is 5.73 Å². The molecule has 0 aromatic heterocycles. The van der Waals surface area contributed by atoms with E-state index in [1.807, 2.05) is 0 Å². The van der Waals surface area contributed by atoms with E-state index in [9.17, 15) is 0 Å². The molecule has 64 valence electrons. The van der Waals surface area contributed by atoms with Gasteiger partial charge in [-0.1, -0.05) is 25.7 Å². The van der Waals surface area contributed by atoms with Crippen LogP contribution in [0.1, 0.15) is 38.5 Å². The Kier molecular flexibility index (Phi) is 2.17. The zero-order chi connectivity index (χ0) is 7.68. The standard InChI is InChI=1S/C10H19N/c11-7-10-8-5-3-1-2-4-6-9(8)10/h8-10H,1-7,11H2/t8-,9+,10?. The number of rotatable bonds is 1. The maximum Gasteiger partial charge on any atom is -0.00434 e. The second kappa shape index (κ2) is 3.14. The Morgan fingerprint density at radius 3 is 1.91 bits per heavy atom. The second-order valence-electron chi connectivity index (χ2n) is 4.22. The molecule has 0 aromatic rings. The molecule has 2 N–H and O–H groups in total. The number of hydrogen-bond donors (Lipinski definition) is 1. The van der Waals surface area contributed by atoms with E-state index in [1.165, 1.54) is 38.5 Å². The molecule has 2 saturated carbocycles. The average molecular weight is 153 g/mol. The predicted octanol–water partition coefficient (Wildman–Crippen LogP) is 2.16. The van der Waals surface area contributed by atoms with E-state index >= 15 is 0 Å². The second-order valence-corrected chi connectivity index (χ2v) is 4.22. The van der Waals surface area contributed by atoms with Crippen molar-refractivity contribution in [2.24, 2.45) is 23.5 Å². The van der Waals surface area contributed by atoms with Gasteiger partial charge in [0.1, 0.15) is 0 Å². The summed E-state index contributed by atoms with van der Waals surface area (Å²) in [7, 11) is 0. The molecular weight excluding hydrogens is 134 g/mol. The van der Waals surface area contributed by atoms with Crippen molar-refractivity contribution < 1.29 is 0 Å². The summed E-state index contributed by atoms with van der Waals surface area (Å²) in [6.45, 7) is 0.954. The van der Waals surface area contributed by atoms with Gasteiger partial charge in [-0.3, -0.25) is 0 Å². The summed E-state index contributed by atoms with van der Waals surface area (Å²) in [5, 5.41) is 0. The molecule has 0 spiro atoms. The summed E-state index contributed by atoms with van der Waals surface area (Å²) in [5.41, 5.74) is 5.70. The van der Waals surface area contributed by atoms with Gasteiger partial charge in [-0.2, -0.15) is 0 Å². The number of nitrogens with two attached hydrogens (primary N) is 1. The molecular formula is C10H19N. The molecule has 0 aromatic carbocycles. The predicted molar refractivity (Wildman–Crippen MR) is 47.2 cm³/mol. The van der Waals surface area contributed by atoms with Gasteiger partial charge in [-0.25, -0.2) is 0 Å². The first-order valence-corrected chi connectivity index (χ1v) is 5.13. The van der Waals surface area contributed by atoms with E-state index in [4.69, 9.17) is 5.73 Å². The van der Waals surface area contributed by atoms with Gasteiger partial charge in [-0.05, 0) is 37.1 Å². The monoisotopic (exact) mass is 153 g/mol. The van der Waals surface area contributed by atoms with E-state index in [0.717, 1.165) is 24.3 Å². The van der Waals surface area contributed by atoms with E-state index in [1.54, 1.807) is 0 Å². The molecule has 2 fully saturated rings. The van der Waals surface area contributed by atoms with Gasteiger partial charge in [0, 0.05) is 0 Å². The highest BCUT2D eigenvalue weighted by Gasteiger charge is 2.47. The SMILES string of the molecule is NCC1[C@H]2CCCCCC[C@@H]12. The summed E-state index contributed by atoms with van der Waals surface area (Å²) in [6.07, 6.45) is 8.84. The fourth-order valence-corrected chi connectivity index (χ4v) is 2.84. The van der Waals surface area contributed by atoms with Gasteiger partial charge >= 0.3 is 0 Å². The average Bonchev–Trinajstić information content (AvgIpc) is 2.60. The van der Waals surface area contributed by atoms with Crippen LogP contribution in [0.25, 0.3) is 0 Å². The van der Waals surface area contributed by atoms with Crippen LogP contribution >= 0.6 is 0 Å². The Morgan fingerprint density at radius 2 is 1.45 bits per heavy atom. The Balaban J connectivity index is 1.85. The lowest BCUT2D eigenvalue weighted by Crippen LogP contribution is -2.03. The Morgan fingerprint density at radius 1 is 0.909 bits per heavy atom. The maximum atomic E-state index is 5.70. The Bertz CT molecular complexity index is 119. The fraction of sp³-hybridized carbons (Fsp3) is 1.00. The van der Waals surface area contributed by atoms with Crippen molar-refractivity contribution in [2.75, 3.05) is 6.54 Å². The highest BCUT2D eigenvalue weighted by Crippen LogP contribution is 2.52. The fourth-order valence-electron chi connectivity index (χ4n) is 2.84. The van der Waals surface area contributed by atoms with Gasteiger partial charge in [0.15, 0.2) is 0 Å². The van der Waals surface area contributed by atoms with E-state index in [-0.39, 0.29) is 0 Å². The smallest absolute Gasteiger partial charge is 0.00434 e. The van der Waals surface area contributed by atoms with Crippen molar-refractivity contribution in [1.29, 1.82) is 0 Å². The van der Waals surface area contributed by atoms with Gasteiger partial charge in [0.2, 0.25) is 0 Å². The Hall–Kier alpha value is -0.0400. The van der Waals surface area contributed by atoms with Crippen LogP contribution in [0.15, 0.2) is 0 Å². The van der Waals surface area contributed by atoms with Crippen molar-refractivity contribution in [3.05, 3.63) is 0 Å².